The highest BCUT2D eigenvalue weighted by Gasteiger charge is 2.91. The molecule has 0 radical (unpaired) electrons. The molecule has 0 amide bonds. The van der Waals surface area contributed by atoms with Gasteiger partial charge in [0.15, 0.2) is 4.28 Å². The fraction of sp³-hybridized carbons (Fsp3) is 1.00. The van der Waals surface area contributed by atoms with Crippen molar-refractivity contribution in [2.24, 2.45) is 11.8 Å². The Morgan fingerprint density at radius 1 is 0.436 bits per heavy atom. The molecule has 9 nitrogen and oxygen atoms in total. The number of rotatable bonds is 26. The van der Waals surface area contributed by atoms with Crippen molar-refractivity contribution < 1.29 is 39.8 Å². The first-order valence-electron chi connectivity index (χ1n) is 15.4. The summed E-state index contributed by atoms with van der Waals surface area (Å²) in [6.07, 6.45) is 2.98. The summed E-state index contributed by atoms with van der Waals surface area (Å²) < 4.78 is 60.1. The maximum atomic E-state index is 6.81. The molecule has 0 spiro atoms. The fourth-order valence-corrected chi connectivity index (χ4v) is 22.7. The molecule has 12 heteroatoms. The predicted octanol–water partition coefficient (Wildman–Crippen LogP) is 6.41. The van der Waals surface area contributed by atoms with Crippen LogP contribution in [0.4, 0.5) is 0 Å². The average molecular weight is 615 g/mol. The van der Waals surface area contributed by atoms with Crippen molar-refractivity contribution in [3.8, 4) is 0 Å². The SMILES string of the molecule is CCCC(C)CC(C)C([Si](OCC)(OCC)OCC)([Si](OCC)(OCC)OCC)[Si](OCC)(OCC)OCC. The summed E-state index contributed by atoms with van der Waals surface area (Å²) in [4.78, 5) is 0. The summed E-state index contributed by atoms with van der Waals surface area (Å²) in [7, 11) is -11.5. The second-order valence-corrected chi connectivity index (χ2v) is 19.2. The van der Waals surface area contributed by atoms with Crippen LogP contribution in [0, 0.1) is 11.8 Å². The second kappa shape index (κ2) is 20.2. The second-order valence-electron chi connectivity index (χ2n) is 9.40. The van der Waals surface area contributed by atoms with Crippen LogP contribution in [0.15, 0.2) is 0 Å². The van der Waals surface area contributed by atoms with E-state index in [9.17, 15) is 0 Å². The lowest BCUT2D eigenvalue weighted by Gasteiger charge is -2.58. The molecular formula is C27H62O9Si3. The lowest BCUT2D eigenvalue weighted by Crippen LogP contribution is -2.83. The minimum atomic E-state index is -3.85. The van der Waals surface area contributed by atoms with Gasteiger partial charge in [-0.1, -0.05) is 33.6 Å². The van der Waals surface area contributed by atoms with Crippen molar-refractivity contribution in [1.82, 2.24) is 0 Å². The van der Waals surface area contributed by atoms with Crippen LogP contribution in [-0.4, -0.2) is 85.9 Å². The molecule has 0 saturated carbocycles. The maximum Gasteiger partial charge on any atom is 0.517 e. The first-order valence-corrected chi connectivity index (χ1v) is 20.6. The van der Waals surface area contributed by atoms with Crippen LogP contribution < -0.4 is 0 Å². The molecule has 39 heavy (non-hydrogen) atoms. The quantitative estimate of drug-likeness (QED) is 0.103. The molecule has 236 valence electrons. The van der Waals surface area contributed by atoms with Gasteiger partial charge < -0.3 is 39.8 Å². The highest BCUT2D eigenvalue weighted by molar-refractivity contribution is 7.02. The molecule has 2 unspecified atom stereocenters. The Morgan fingerprint density at radius 2 is 0.667 bits per heavy atom. The van der Waals surface area contributed by atoms with Crippen LogP contribution in [-0.2, 0) is 39.8 Å². The minimum absolute atomic E-state index is 0.164. The zero-order chi connectivity index (χ0) is 30.0. The van der Waals surface area contributed by atoms with Crippen molar-refractivity contribution >= 4 is 26.4 Å². The van der Waals surface area contributed by atoms with Crippen LogP contribution in [0.2, 0.25) is 4.28 Å². The van der Waals surface area contributed by atoms with Crippen molar-refractivity contribution in [1.29, 1.82) is 0 Å². The Morgan fingerprint density at radius 3 is 0.846 bits per heavy atom. The van der Waals surface area contributed by atoms with Gasteiger partial charge in [0.1, 0.15) is 0 Å². The van der Waals surface area contributed by atoms with E-state index in [1.807, 2.05) is 62.3 Å². The van der Waals surface area contributed by atoms with Crippen molar-refractivity contribution in [3.63, 3.8) is 0 Å². The van der Waals surface area contributed by atoms with E-state index in [4.69, 9.17) is 39.8 Å². The number of hydrogen-bond acceptors (Lipinski definition) is 9. The summed E-state index contributed by atoms with van der Waals surface area (Å²) in [6.45, 7) is 27.7. The Bertz CT molecular complexity index is 499. The predicted molar refractivity (Wildman–Crippen MR) is 162 cm³/mol. The molecule has 0 bridgehead atoms. The van der Waals surface area contributed by atoms with E-state index in [2.05, 4.69) is 20.8 Å². The van der Waals surface area contributed by atoms with Gasteiger partial charge in [-0.25, -0.2) is 0 Å². The summed E-state index contributed by atoms with van der Waals surface area (Å²) in [5.74, 6) is 0.233. The van der Waals surface area contributed by atoms with Crippen LogP contribution in [0.25, 0.3) is 0 Å². The van der Waals surface area contributed by atoms with Gasteiger partial charge in [0.2, 0.25) is 0 Å². The molecule has 0 saturated heterocycles. The smallest absolute Gasteiger partial charge is 0.373 e. The lowest BCUT2D eigenvalue weighted by atomic mass is 9.94. The Hall–Kier alpha value is 0.291. The summed E-state index contributed by atoms with van der Waals surface area (Å²) in [6, 6.07) is 0. The molecular weight excluding hydrogens is 553 g/mol. The molecule has 0 N–H and O–H groups in total. The van der Waals surface area contributed by atoms with Crippen LogP contribution in [0.3, 0.4) is 0 Å². The molecule has 0 fully saturated rings. The molecule has 0 aromatic heterocycles. The van der Waals surface area contributed by atoms with Gasteiger partial charge in [-0.3, -0.25) is 0 Å². The molecule has 0 rings (SSSR count). The highest BCUT2D eigenvalue weighted by Crippen LogP contribution is 2.63. The van der Waals surface area contributed by atoms with Crippen LogP contribution in [0.1, 0.15) is 102 Å². The normalized spacial score (nSPS) is 15.1. The third kappa shape index (κ3) is 8.66. The van der Waals surface area contributed by atoms with Crippen molar-refractivity contribution in [2.45, 2.75) is 107 Å². The van der Waals surface area contributed by atoms with Gasteiger partial charge in [0, 0.05) is 59.5 Å². The molecule has 0 aliphatic heterocycles. The summed E-state index contributed by atoms with van der Waals surface area (Å²) in [5.41, 5.74) is 0. The third-order valence-electron chi connectivity index (χ3n) is 6.73. The van der Waals surface area contributed by atoms with Gasteiger partial charge in [0.25, 0.3) is 0 Å². The van der Waals surface area contributed by atoms with E-state index in [0.717, 1.165) is 19.3 Å². The van der Waals surface area contributed by atoms with E-state index < -0.39 is 30.7 Å². The van der Waals surface area contributed by atoms with Crippen LogP contribution in [0.5, 0.6) is 0 Å². The molecule has 0 aromatic rings. The lowest BCUT2D eigenvalue weighted by molar-refractivity contribution is -0.0238. The van der Waals surface area contributed by atoms with Crippen molar-refractivity contribution in [3.05, 3.63) is 0 Å². The average Bonchev–Trinajstić information content (AvgIpc) is 2.86. The fourth-order valence-electron chi connectivity index (χ4n) is 5.97. The zero-order valence-corrected chi connectivity index (χ0v) is 30.3. The molecule has 0 aliphatic carbocycles. The van der Waals surface area contributed by atoms with Gasteiger partial charge in [0.05, 0.1) is 0 Å². The van der Waals surface area contributed by atoms with E-state index in [-0.39, 0.29) is 5.92 Å². The topological polar surface area (TPSA) is 83.1 Å². The number of hydrogen-bond donors (Lipinski definition) is 0. The first kappa shape index (κ1) is 39.3. The molecule has 0 aromatic carbocycles. The summed E-state index contributed by atoms with van der Waals surface area (Å²) in [5, 5.41) is 0. The molecule has 2 atom stereocenters. The van der Waals surface area contributed by atoms with Crippen molar-refractivity contribution in [2.75, 3.05) is 59.5 Å². The standard InChI is InChI=1S/C27H62O9Si3/c1-13-23-25(11)24-26(12)27(37(28-14-2,29-15-3)30-16-4,38(31-17-5,32-18-6)33-19-7)39(34-20-8,35-21-9)36-22-10/h25-26H,13-24H2,1-12H3. The van der Waals surface area contributed by atoms with Gasteiger partial charge in [-0.2, -0.15) is 0 Å². The third-order valence-corrected chi connectivity index (χ3v) is 22.6. The Balaban J connectivity index is 8.49. The van der Waals surface area contributed by atoms with Gasteiger partial charge in [-0.05, 0) is 80.6 Å². The molecule has 0 heterocycles. The Kier molecular flexibility index (Phi) is 20.4. The van der Waals surface area contributed by atoms with Gasteiger partial charge >= 0.3 is 26.4 Å². The first-order chi connectivity index (χ1) is 18.7. The van der Waals surface area contributed by atoms with E-state index in [1.54, 1.807) is 0 Å². The van der Waals surface area contributed by atoms with E-state index in [0.29, 0.717) is 65.4 Å². The largest absolute Gasteiger partial charge is 0.517 e. The maximum absolute atomic E-state index is 6.81. The van der Waals surface area contributed by atoms with Gasteiger partial charge in [-0.15, -0.1) is 0 Å². The molecule has 0 aliphatic rings. The zero-order valence-electron chi connectivity index (χ0n) is 27.3. The van der Waals surface area contributed by atoms with E-state index in [1.165, 1.54) is 0 Å². The van der Waals surface area contributed by atoms with E-state index >= 15 is 0 Å². The monoisotopic (exact) mass is 614 g/mol. The van der Waals surface area contributed by atoms with Crippen LogP contribution >= 0.6 is 0 Å². The Labute approximate surface area is 244 Å². The summed E-state index contributed by atoms with van der Waals surface area (Å²) >= 11 is 0. The minimum Gasteiger partial charge on any atom is -0.373 e. The highest BCUT2D eigenvalue weighted by atomic mass is 28.5.